The second kappa shape index (κ2) is 7.81. The Morgan fingerprint density at radius 3 is 2.19 bits per heavy atom. The van der Waals surface area contributed by atoms with Gasteiger partial charge in [-0.3, -0.25) is 0 Å². The topological polar surface area (TPSA) is 55.5 Å². The molecule has 1 aromatic carbocycles. The molecule has 1 rings (SSSR count). The number of aliphatic hydroxyl groups is 1. The van der Waals surface area contributed by atoms with Crippen LogP contribution in [-0.2, 0) is 5.41 Å². The Kier molecular flexibility index (Phi) is 6.69. The van der Waals surface area contributed by atoms with E-state index in [2.05, 4.69) is 46.8 Å². The van der Waals surface area contributed by atoms with Gasteiger partial charge in [-0.1, -0.05) is 46.8 Å². The van der Waals surface area contributed by atoms with Gasteiger partial charge in [-0.2, -0.15) is 0 Å². The number of aliphatic hydroxyl groups excluding tert-OH is 1. The van der Waals surface area contributed by atoms with Crippen molar-refractivity contribution < 1.29 is 9.84 Å². The number of hydrogen-bond acceptors (Lipinski definition) is 3. The summed E-state index contributed by atoms with van der Waals surface area (Å²) < 4.78 is 5.85. The fourth-order valence-corrected chi connectivity index (χ4v) is 2.32. The van der Waals surface area contributed by atoms with Gasteiger partial charge in [0.15, 0.2) is 0 Å². The molecule has 0 saturated carbocycles. The summed E-state index contributed by atoms with van der Waals surface area (Å²) in [6, 6.07) is 7.99. The smallest absolute Gasteiger partial charge is 0.137 e. The summed E-state index contributed by atoms with van der Waals surface area (Å²) in [4.78, 5) is 0. The van der Waals surface area contributed by atoms with E-state index in [9.17, 15) is 5.11 Å². The van der Waals surface area contributed by atoms with Crippen LogP contribution in [0.15, 0.2) is 24.3 Å². The molecule has 0 radical (unpaired) electrons. The highest BCUT2D eigenvalue weighted by Crippen LogP contribution is 2.28. The fraction of sp³-hybridized carbons (Fsp3) is 0.667. The lowest BCUT2D eigenvalue weighted by atomic mass is 9.82. The minimum atomic E-state index is -0.350. The SMILES string of the molecule is CCC(C)(C)c1ccc(OC(CO)C(N)CC(C)C)cc1. The normalized spacial score (nSPS) is 15.0. The zero-order valence-electron chi connectivity index (χ0n) is 14.1. The van der Waals surface area contributed by atoms with Crippen molar-refractivity contribution in [1.82, 2.24) is 0 Å². The lowest BCUT2D eigenvalue weighted by molar-refractivity contribution is 0.0881. The highest BCUT2D eigenvalue weighted by molar-refractivity contribution is 5.31. The van der Waals surface area contributed by atoms with Crippen molar-refractivity contribution in [3.05, 3.63) is 29.8 Å². The van der Waals surface area contributed by atoms with Crippen LogP contribution in [0.3, 0.4) is 0 Å². The van der Waals surface area contributed by atoms with E-state index in [0.29, 0.717) is 5.92 Å². The molecule has 3 nitrogen and oxygen atoms in total. The molecule has 0 aliphatic carbocycles. The maximum atomic E-state index is 9.49. The Balaban J connectivity index is 2.73. The number of benzene rings is 1. The van der Waals surface area contributed by atoms with Crippen LogP contribution in [0.5, 0.6) is 5.75 Å². The molecule has 1 aromatic rings. The van der Waals surface area contributed by atoms with Gasteiger partial charge in [0.25, 0.3) is 0 Å². The van der Waals surface area contributed by atoms with Gasteiger partial charge in [0, 0.05) is 6.04 Å². The van der Waals surface area contributed by atoms with Gasteiger partial charge in [-0.15, -0.1) is 0 Å². The average Bonchev–Trinajstić information content (AvgIpc) is 2.44. The Hall–Kier alpha value is -1.06. The Morgan fingerprint density at radius 2 is 1.76 bits per heavy atom. The molecule has 0 heterocycles. The molecule has 2 unspecified atom stereocenters. The number of rotatable bonds is 8. The molecular formula is C18H31NO2. The van der Waals surface area contributed by atoms with E-state index in [0.717, 1.165) is 18.6 Å². The minimum absolute atomic E-state index is 0.0594. The van der Waals surface area contributed by atoms with Crippen LogP contribution < -0.4 is 10.5 Å². The Morgan fingerprint density at radius 1 is 1.19 bits per heavy atom. The predicted octanol–water partition coefficient (Wildman–Crippen LogP) is 3.49. The molecule has 0 aliphatic heterocycles. The first-order chi connectivity index (χ1) is 9.80. The molecule has 0 spiro atoms. The standard InChI is InChI=1S/C18H31NO2/c1-6-18(4,5)14-7-9-15(10-8-14)21-17(12-20)16(19)11-13(2)3/h7-10,13,16-17,20H,6,11-12,19H2,1-5H3. The minimum Gasteiger partial charge on any atom is -0.486 e. The zero-order valence-corrected chi connectivity index (χ0v) is 14.1. The highest BCUT2D eigenvalue weighted by Gasteiger charge is 2.21. The number of hydrogen-bond donors (Lipinski definition) is 2. The van der Waals surface area contributed by atoms with Crippen LogP contribution in [0.4, 0.5) is 0 Å². The van der Waals surface area contributed by atoms with Crippen LogP contribution >= 0.6 is 0 Å². The lowest BCUT2D eigenvalue weighted by Gasteiger charge is -2.26. The second-order valence-electron chi connectivity index (χ2n) is 6.89. The van der Waals surface area contributed by atoms with Crippen LogP contribution in [0, 0.1) is 5.92 Å². The van der Waals surface area contributed by atoms with Gasteiger partial charge in [0.2, 0.25) is 0 Å². The Labute approximate surface area is 129 Å². The fourth-order valence-electron chi connectivity index (χ4n) is 2.32. The second-order valence-corrected chi connectivity index (χ2v) is 6.89. The first kappa shape index (κ1) is 18.0. The molecule has 0 aromatic heterocycles. The van der Waals surface area contributed by atoms with Crippen molar-refractivity contribution in [2.75, 3.05) is 6.61 Å². The van der Waals surface area contributed by atoms with Crippen molar-refractivity contribution in [2.45, 2.75) is 65.0 Å². The molecule has 0 bridgehead atoms. The molecule has 21 heavy (non-hydrogen) atoms. The summed E-state index contributed by atoms with van der Waals surface area (Å²) in [5.41, 5.74) is 7.58. The molecule has 0 amide bonds. The largest absolute Gasteiger partial charge is 0.486 e. The summed E-state index contributed by atoms with van der Waals surface area (Å²) in [5.74, 6) is 1.26. The van der Waals surface area contributed by atoms with Crippen LogP contribution in [-0.4, -0.2) is 23.9 Å². The van der Waals surface area contributed by atoms with E-state index in [1.807, 2.05) is 12.1 Å². The predicted molar refractivity (Wildman–Crippen MR) is 88.7 cm³/mol. The molecule has 0 aliphatic rings. The third-order valence-electron chi connectivity index (χ3n) is 4.21. The zero-order chi connectivity index (χ0) is 16.0. The molecular weight excluding hydrogens is 262 g/mol. The van der Waals surface area contributed by atoms with Crippen molar-refractivity contribution in [1.29, 1.82) is 0 Å². The van der Waals surface area contributed by atoms with Gasteiger partial charge < -0.3 is 15.6 Å². The van der Waals surface area contributed by atoms with Gasteiger partial charge in [0.05, 0.1) is 6.61 Å². The number of nitrogens with two attached hydrogens (primary N) is 1. The molecule has 0 saturated heterocycles. The number of ether oxygens (including phenoxy) is 1. The highest BCUT2D eigenvalue weighted by atomic mass is 16.5. The summed E-state index contributed by atoms with van der Waals surface area (Å²) in [7, 11) is 0. The lowest BCUT2D eigenvalue weighted by Crippen LogP contribution is -2.42. The average molecular weight is 293 g/mol. The third kappa shape index (κ3) is 5.33. The Bertz CT molecular complexity index is 412. The van der Waals surface area contributed by atoms with Crippen molar-refractivity contribution in [3.8, 4) is 5.75 Å². The van der Waals surface area contributed by atoms with Gasteiger partial charge in [-0.25, -0.2) is 0 Å². The van der Waals surface area contributed by atoms with Gasteiger partial charge in [-0.05, 0) is 41.9 Å². The quantitative estimate of drug-likeness (QED) is 0.771. The van der Waals surface area contributed by atoms with E-state index < -0.39 is 0 Å². The van der Waals surface area contributed by atoms with Crippen LogP contribution in [0.2, 0.25) is 0 Å². The maximum Gasteiger partial charge on any atom is 0.137 e. The van der Waals surface area contributed by atoms with E-state index in [4.69, 9.17) is 10.5 Å². The summed E-state index contributed by atoms with van der Waals surface area (Å²) in [6.07, 6.45) is 1.58. The van der Waals surface area contributed by atoms with E-state index in [1.165, 1.54) is 5.56 Å². The monoisotopic (exact) mass is 293 g/mol. The first-order valence-corrected chi connectivity index (χ1v) is 7.93. The molecule has 3 heteroatoms. The third-order valence-corrected chi connectivity index (χ3v) is 4.21. The van der Waals surface area contributed by atoms with Crippen molar-refractivity contribution in [2.24, 2.45) is 11.7 Å². The summed E-state index contributed by atoms with van der Waals surface area (Å²) in [5, 5.41) is 9.49. The maximum absolute atomic E-state index is 9.49. The van der Waals surface area contributed by atoms with Gasteiger partial charge >= 0.3 is 0 Å². The van der Waals surface area contributed by atoms with E-state index >= 15 is 0 Å². The summed E-state index contributed by atoms with van der Waals surface area (Å²) in [6.45, 7) is 10.8. The summed E-state index contributed by atoms with van der Waals surface area (Å²) >= 11 is 0. The molecule has 2 atom stereocenters. The van der Waals surface area contributed by atoms with Gasteiger partial charge in [0.1, 0.15) is 11.9 Å². The van der Waals surface area contributed by atoms with Crippen molar-refractivity contribution >= 4 is 0 Å². The first-order valence-electron chi connectivity index (χ1n) is 7.93. The molecule has 120 valence electrons. The van der Waals surface area contributed by atoms with Crippen LogP contribution in [0.25, 0.3) is 0 Å². The van der Waals surface area contributed by atoms with E-state index in [-0.39, 0.29) is 24.2 Å². The van der Waals surface area contributed by atoms with Crippen LogP contribution in [0.1, 0.15) is 53.0 Å². The van der Waals surface area contributed by atoms with E-state index in [1.54, 1.807) is 0 Å². The van der Waals surface area contributed by atoms with Crippen molar-refractivity contribution in [3.63, 3.8) is 0 Å². The molecule has 3 N–H and O–H groups in total. The molecule has 0 fully saturated rings.